The first kappa shape index (κ1) is 17.8. The molecule has 0 saturated heterocycles. The molecule has 0 aliphatic heterocycles. The lowest BCUT2D eigenvalue weighted by Gasteiger charge is -2.05. The van der Waals surface area contributed by atoms with Crippen LogP contribution >= 0.6 is 35.0 Å². The van der Waals surface area contributed by atoms with E-state index in [-0.39, 0.29) is 11.7 Å². The second kappa shape index (κ2) is 7.91. The molecule has 3 aromatic rings. The molecule has 0 spiro atoms. The number of benzene rings is 2. The molecule has 0 fully saturated rings. The number of amides is 1. The number of hydrogen-bond acceptors (Lipinski definition) is 4. The fraction of sp³-hybridized carbons (Fsp3) is 0.118. The van der Waals surface area contributed by atoms with Crippen LogP contribution in [-0.4, -0.2) is 26.8 Å². The summed E-state index contributed by atoms with van der Waals surface area (Å²) in [5.41, 5.74) is 2.39. The molecule has 3 rings (SSSR count). The number of aromatic amines is 1. The largest absolute Gasteiger partial charge is 0.325 e. The van der Waals surface area contributed by atoms with Gasteiger partial charge >= 0.3 is 0 Å². The minimum Gasteiger partial charge on any atom is -0.325 e. The van der Waals surface area contributed by atoms with Crippen molar-refractivity contribution in [1.29, 1.82) is 0 Å². The van der Waals surface area contributed by atoms with Crippen LogP contribution < -0.4 is 5.32 Å². The van der Waals surface area contributed by atoms with Gasteiger partial charge in [0.25, 0.3) is 0 Å². The van der Waals surface area contributed by atoms with Crippen LogP contribution in [0.2, 0.25) is 10.0 Å². The lowest BCUT2D eigenvalue weighted by Crippen LogP contribution is -2.14. The van der Waals surface area contributed by atoms with Gasteiger partial charge in [0.05, 0.1) is 10.8 Å². The van der Waals surface area contributed by atoms with E-state index in [1.165, 1.54) is 11.8 Å². The minimum atomic E-state index is -0.158. The summed E-state index contributed by atoms with van der Waals surface area (Å²) in [5.74, 6) is 0.596. The van der Waals surface area contributed by atoms with Crippen LogP contribution in [0.1, 0.15) is 5.56 Å². The van der Waals surface area contributed by atoms with Crippen molar-refractivity contribution in [2.75, 3.05) is 11.1 Å². The molecule has 1 amide bonds. The average molecular weight is 393 g/mol. The Morgan fingerprint density at radius 3 is 2.76 bits per heavy atom. The molecular weight excluding hydrogens is 379 g/mol. The third-order valence-corrected chi connectivity index (χ3v) is 4.97. The molecular formula is C17H14Cl2N4OS. The van der Waals surface area contributed by atoms with Crippen molar-refractivity contribution in [3.05, 3.63) is 58.1 Å². The smallest absolute Gasteiger partial charge is 0.234 e. The van der Waals surface area contributed by atoms with Crippen molar-refractivity contribution in [2.24, 2.45) is 0 Å². The summed E-state index contributed by atoms with van der Waals surface area (Å²) in [6.07, 6.45) is 0. The highest BCUT2D eigenvalue weighted by atomic mass is 35.5. The first-order chi connectivity index (χ1) is 12.0. The summed E-state index contributed by atoms with van der Waals surface area (Å²) in [7, 11) is 0. The van der Waals surface area contributed by atoms with E-state index in [1.54, 1.807) is 12.1 Å². The molecule has 5 nitrogen and oxygen atoms in total. The summed E-state index contributed by atoms with van der Waals surface area (Å²) >= 11 is 13.4. The molecule has 0 saturated carbocycles. The molecule has 25 heavy (non-hydrogen) atoms. The number of halogens is 2. The van der Waals surface area contributed by atoms with Crippen molar-refractivity contribution >= 4 is 46.6 Å². The first-order valence-electron chi connectivity index (χ1n) is 7.39. The van der Waals surface area contributed by atoms with Crippen LogP contribution in [0.15, 0.2) is 47.6 Å². The maximum absolute atomic E-state index is 12.1. The lowest BCUT2D eigenvalue weighted by atomic mass is 10.2. The van der Waals surface area contributed by atoms with E-state index in [2.05, 4.69) is 20.5 Å². The van der Waals surface area contributed by atoms with Crippen molar-refractivity contribution in [2.45, 2.75) is 12.1 Å². The highest BCUT2D eigenvalue weighted by Gasteiger charge is 2.11. The number of hydrogen-bond donors (Lipinski definition) is 2. The third kappa shape index (κ3) is 4.54. The molecule has 0 unspecified atom stereocenters. The molecule has 2 N–H and O–H groups in total. The maximum Gasteiger partial charge on any atom is 0.234 e. The summed E-state index contributed by atoms with van der Waals surface area (Å²) < 4.78 is 0. The van der Waals surface area contributed by atoms with E-state index in [0.29, 0.717) is 26.7 Å². The molecule has 0 aliphatic carbocycles. The Hall–Kier alpha value is -2.02. The minimum absolute atomic E-state index is 0.158. The average Bonchev–Trinajstić information content (AvgIpc) is 3.05. The maximum atomic E-state index is 12.1. The molecule has 0 radical (unpaired) electrons. The monoisotopic (exact) mass is 392 g/mol. The summed E-state index contributed by atoms with van der Waals surface area (Å²) in [6.45, 7) is 1.91. The Labute approximate surface area is 159 Å². The predicted molar refractivity (Wildman–Crippen MR) is 102 cm³/mol. The lowest BCUT2D eigenvalue weighted by molar-refractivity contribution is -0.113. The number of anilines is 1. The van der Waals surface area contributed by atoms with Gasteiger partial charge in [0.2, 0.25) is 11.1 Å². The van der Waals surface area contributed by atoms with E-state index in [1.807, 2.05) is 37.3 Å². The summed E-state index contributed by atoms with van der Waals surface area (Å²) in [4.78, 5) is 16.4. The van der Waals surface area contributed by atoms with Gasteiger partial charge in [-0.1, -0.05) is 53.2 Å². The quantitative estimate of drug-likeness (QED) is 0.610. The molecule has 0 bridgehead atoms. The van der Waals surface area contributed by atoms with Gasteiger partial charge in [0.15, 0.2) is 5.82 Å². The molecule has 0 atom stereocenters. The number of aromatic nitrogens is 3. The van der Waals surface area contributed by atoms with Crippen LogP contribution in [0, 0.1) is 6.92 Å². The molecule has 128 valence electrons. The second-order valence-corrected chi connectivity index (χ2v) is 7.00. The van der Waals surface area contributed by atoms with Gasteiger partial charge in [-0.05, 0) is 36.8 Å². The van der Waals surface area contributed by atoms with Gasteiger partial charge < -0.3 is 5.32 Å². The van der Waals surface area contributed by atoms with E-state index in [4.69, 9.17) is 23.2 Å². The van der Waals surface area contributed by atoms with Crippen LogP contribution in [0.25, 0.3) is 11.4 Å². The van der Waals surface area contributed by atoms with Crippen molar-refractivity contribution in [3.8, 4) is 11.4 Å². The van der Waals surface area contributed by atoms with Crippen LogP contribution in [0.3, 0.4) is 0 Å². The summed E-state index contributed by atoms with van der Waals surface area (Å²) in [6, 6.07) is 12.7. The number of nitrogens with zero attached hydrogens (tertiary/aromatic N) is 2. The van der Waals surface area contributed by atoms with E-state index >= 15 is 0 Å². The van der Waals surface area contributed by atoms with Crippen LogP contribution in [-0.2, 0) is 4.79 Å². The zero-order valence-corrected chi connectivity index (χ0v) is 15.5. The number of nitrogens with one attached hydrogen (secondary N) is 2. The SMILES string of the molecule is Cc1ccc(NC(=O)CSc2n[nH]c(-c3ccccc3Cl)n2)cc1Cl. The van der Waals surface area contributed by atoms with Crippen LogP contribution in [0.5, 0.6) is 0 Å². The fourth-order valence-corrected chi connectivity index (χ4v) is 3.09. The van der Waals surface area contributed by atoms with Gasteiger partial charge in [-0.3, -0.25) is 9.89 Å². The van der Waals surface area contributed by atoms with Crippen molar-refractivity contribution < 1.29 is 4.79 Å². The van der Waals surface area contributed by atoms with Gasteiger partial charge in [0.1, 0.15) is 0 Å². The number of H-pyrrole nitrogens is 1. The van der Waals surface area contributed by atoms with E-state index < -0.39 is 0 Å². The number of carbonyl (C=O) groups is 1. The van der Waals surface area contributed by atoms with Crippen molar-refractivity contribution in [1.82, 2.24) is 15.2 Å². The second-order valence-electron chi connectivity index (χ2n) is 5.25. The van der Waals surface area contributed by atoms with Crippen molar-refractivity contribution in [3.63, 3.8) is 0 Å². The zero-order chi connectivity index (χ0) is 17.8. The standard InChI is InChI=1S/C17H14Cl2N4OS/c1-10-6-7-11(8-14(10)19)20-15(24)9-25-17-21-16(22-23-17)12-4-2-3-5-13(12)18/h2-8H,9H2,1H3,(H,20,24)(H,21,22,23). The van der Waals surface area contributed by atoms with E-state index in [0.717, 1.165) is 11.1 Å². The zero-order valence-electron chi connectivity index (χ0n) is 13.2. The van der Waals surface area contributed by atoms with Gasteiger partial charge in [0, 0.05) is 16.3 Å². The Balaban J connectivity index is 1.59. The number of carbonyl (C=O) groups excluding carboxylic acids is 1. The van der Waals surface area contributed by atoms with Gasteiger partial charge in [-0.2, -0.15) is 0 Å². The predicted octanol–water partition coefficient (Wildman–Crippen LogP) is 4.82. The Bertz CT molecular complexity index is 913. The van der Waals surface area contributed by atoms with Crippen LogP contribution in [0.4, 0.5) is 5.69 Å². The Morgan fingerprint density at radius 1 is 1.20 bits per heavy atom. The molecule has 8 heteroatoms. The normalized spacial score (nSPS) is 10.7. The highest BCUT2D eigenvalue weighted by molar-refractivity contribution is 7.99. The highest BCUT2D eigenvalue weighted by Crippen LogP contribution is 2.26. The topological polar surface area (TPSA) is 70.7 Å². The Morgan fingerprint density at radius 2 is 2.00 bits per heavy atom. The third-order valence-electron chi connectivity index (χ3n) is 3.38. The number of rotatable bonds is 5. The number of aryl methyl sites for hydroxylation is 1. The molecule has 1 aromatic heterocycles. The summed E-state index contributed by atoms with van der Waals surface area (Å²) in [5, 5.41) is 11.4. The van der Waals surface area contributed by atoms with Gasteiger partial charge in [-0.25, -0.2) is 4.98 Å². The Kier molecular flexibility index (Phi) is 5.63. The first-order valence-corrected chi connectivity index (χ1v) is 9.13. The molecule has 1 heterocycles. The molecule has 2 aromatic carbocycles. The van der Waals surface area contributed by atoms with E-state index in [9.17, 15) is 4.79 Å². The molecule has 0 aliphatic rings. The van der Waals surface area contributed by atoms with Gasteiger partial charge in [-0.15, -0.1) is 5.10 Å². The fourth-order valence-electron chi connectivity index (χ4n) is 2.08. The number of thioether (sulfide) groups is 1.